The number of thiazole rings is 1. The lowest BCUT2D eigenvalue weighted by molar-refractivity contribution is -0.134. The molecule has 0 radical (unpaired) electrons. The van der Waals surface area contributed by atoms with Crippen LogP contribution < -0.4 is 9.64 Å². The number of hydrogen-bond donors (Lipinski definition) is 2. The zero-order chi connectivity index (χ0) is 29.7. The maximum Gasteiger partial charge on any atom is 0.350 e. The van der Waals surface area contributed by atoms with Gasteiger partial charge in [0.1, 0.15) is 16.4 Å². The summed E-state index contributed by atoms with van der Waals surface area (Å²) in [5.41, 5.74) is 3.05. The van der Waals surface area contributed by atoms with Gasteiger partial charge in [-0.25, -0.2) is 9.78 Å². The number of esters is 1. The van der Waals surface area contributed by atoms with E-state index in [1.807, 2.05) is 19.1 Å². The molecular formula is C29H30N2O8S. The van der Waals surface area contributed by atoms with Crippen LogP contribution in [0.5, 0.6) is 5.75 Å². The minimum Gasteiger partial charge on any atom is -0.507 e. The van der Waals surface area contributed by atoms with Crippen LogP contribution in [0.1, 0.15) is 57.5 Å². The van der Waals surface area contributed by atoms with Crippen molar-refractivity contribution in [3.63, 3.8) is 0 Å². The van der Waals surface area contributed by atoms with Crippen molar-refractivity contribution < 1.29 is 38.9 Å². The lowest BCUT2D eigenvalue weighted by Crippen LogP contribution is -2.29. The van der Waals surface area contributed by atoms with Crippen molar-refractivity contribution in [3.8, 4) is 5.75 Å². The van der Waals surface area contributed by atoms with Crippen molar-refractivity contribution >= 4 is 45.9 Å². The Morgan fingerprint density at radius 1 is 1.05 bits per heavy atom. The van der Waals surface area contributed by atoms with E-state index in [-0.39, 0.29) is 27.9 Å². The standard InChI is InChI=1S/C27H26N2O6S.C2H4O2/c1-6-35-26(33)24-16(4)28-27(36-24)29-21(17-9-7-14(2)8-10-17)20(23(31)25(29)32)22(30)19-12-11-18(34-5)13-15(19)3;1-2(3)4/h7-13,21,30H,6H2,1-5H3;1H3,(H,3,4)/b22-20-;. The van der Waals surface area contributed by atoms with Gasteiger partial charge in [0.2, 0.25) is 0 Å². The summed E-state index contributed by atoms with van der Waals surface area (Å²) in [4.78, 5) is 54.1. The van der Waals surface area contributed by atoms with Crippen LogP contribution in [0.2, 0.25) is 0 Å². The van der Waals surface area contributed by atoms with E-state index >= 15 is 0 Å². The van der Waals surface area contributed by atoms with E-state index in [1.54, 1.807) is 51.1 Å². The van der Waals surface area contributed by atoms with E-state index in [0.29, 0.717) is 28.1 Å². The van der Waals surface area contributed by atoms with Gasteiger partial charge in [0, 0.05) is 12.5 Å². The number of aromatic nitrogens is 1. The summed E-state index contributed by atoms with van der Waals surface area (Å²) >= 11 is 0.976. The highest BCUT2D eigenvalue weighted by Gasteiger charge is 2.48. The largest absolute Gasteiger partial charge is 0.507 e. The molecule has 4 rings (SSSR count). The molecule has 2 heterocycles. The first kappa shape index (κ1) is 30.0. The molecule has 1 aliphatic heterocycles. The summed E-state index contributed by atoms with van der Waals surface area (Å²) < 4.78 is 10.4. The maximum absolute atomic E-state index is 13.4. The summed E-state index contributed by atoms with van der Waals surface area (Å²) in [7, 11) is 1.54. The second kappa shape index (κ2) is 12.6. The number of hydrogen-bond acceptors (Lipinski definition) is 9. The van der Waals surface area contributed by atoms with Crippen LogP contribution in [-0.4, -0.2) is 52.5 Å². The van der Waals surface area contributed by atoms with Gasteiger partial charge in [-0.2, -0.15) is 0 Å². The minimum absolute atomic E-state index is 0.0531. The topological polar surface area (TPSA) is 143 Å². The zero-order valence-electron chi connectivity index (χ0n) is 23.0. The Balaban J connectivity index is 0.00000103. The normalized spacial score (nSPS) is 15.8. The van der Waals surface area contributed by atoms with Gasteiger partial charge in [-0.15, -0.1) is 0 Å². The predicted molar refractivity (Wildman–Crippen MR) is 150 cm³/mol. The van der Waals surface area contributed by atoms with Crippen LogP contribution in [0.4, 0.5) is 5.13 Å². The zero-order valence-corrected chi connectivity index (χ0v) is 23.8. The number of anilines is 1. The van der Waals surface area contributed by atoms with Gasteiger partial charge in [-0.1, -0.05) is 41.2 Å². The molecule has 2 aromatic carbocycles. The van der Waals surface area contributed by atoms with E-state index in [9.17, 15) is 19.5 Å². The molecule has 2 N–H and O–H groups in total. The SMILES string of the molecule is CC(=O)O.CCOC(=O)c1sc(N2C(=O)C(=O)/C(=C(\O)c3ccc(OC)cc3C)C2c2ccc(C)cc2)nc1C. The quantitative estimate of drug-likeness (QED) is 0.183. The number of aliphatic hydroxyl groups is 1. The Hall–Kier alpha value is -4.51. The van der Waals surface area contributed by atoms with Gasteiger partial charge in [0.05, 0.1) is 31.0 Å². The first-order valence-corrected chi connectivity index (χ1v) is 13.1. The Morgan fingerprint density at radius 3 is 2.23 bits per heavy atom. The highest BCUT2D eigenvalue weighted by atomic mass is 32.1. The van der Waals surface area contributed by atoms with Crippen molar-refractivity contribution in [1.29, 1.82) is 0 Å². The number of aliphatic hydroxyl groups excluding tert-OH is 1. The number of rotatable bonds is 6. The molecule has 210 valence electrons. The van der Waals surface area contributed by atoms with E-state index in [2.05, 4.69) is 4.98 Å². The molecule has 40 heavy (non-hydrogen) atoms. The molecule has 10 nitrogen and oxygen atoms in total. The van der Waals surface area contributed by atoms with E-state index in [4.69, 9.17) is 19.4 Å². The molecule has 1 aromatic heterocycles. The molecule has 11 heteroatoms. The number of carbonyl (C=O) groups is 4. The molecule has 1 fully saturated rings. The van der Waals surface area contributed by atoms with Gasteiger partial charge >= 0.3 is 11.9 Å². The molecule has 1 atom stereocenters. The van der Waals surface area contributed by atoms with Crippen LogP contribution in [0.15, 0.2) is 48.0 Å². The summed E-state index contributed by atoms with van der Waals surface area (Å²) in [5.74, 6) is -2.74. The molecular weight excluding hydrogens is 536 g/mol. The van der Waals surface area contributed by atoms with E-state index in [0.717, 1.165) is 23.8 Å². The van der Waals surface area contributed by atoms with Crippen LogP contribution >= 0.6 is 11.3 Å². The molecule has 0 bridgehead atoms. The third-order valence-electron chi connectivity index (χ3n) is 5.98. The molecule has 3 aromatic rings. The summed E-state index contributed by atoms with van der Waals surface area (Å²) in [5, 5.41) is 19.0. The number of ether oxygens (including phenoxy) is 2. The minimum atomic E-state index is -0.937. The molecule has 1 saturated heterocycles. The van der Waals surface area contributed by atoms with E-state index in [1.165, 1.54) is 12.0 Å². The number of methoxy groups -OCH3 is 1. The van der Waals surface area contributed by atoms with Gasteiger partial charge in [-0.05, 0) is 57.0 Å². The van der Waals surface area contributed by atoms with Gasteiger partial charge < -0.3 is 19.7 Å². The predicted octanol–water partition coefficient (Wildman–Crippen LogP) is 4.97. The second-order valence-corrected chi connectivity index (χ2v) is 9.89. The summed E-state index contributed by atoms with van der Waals surface area (Å²) in [6.45, 7) is 8.33. The lowest BCUT2D eigenvalue weighted by Gasteiger charge is -2.23. The Kier molecular flexibility index (Phi) is 9.43. The lowest BCUT2D eigenvalue weighted by atomic mass is 9.93. The first-order valence-electron chi connectivity index (χ1n) is 12.3. The number of carboxylic acid groups (broad SMARTS) is 1. The maximum atomic E-state index is 13.4. The van der Waals surface area contributed by atoms with Gasteiger partial charge in [0.25, 0.3) is 11.8 Å². The van der Waals surface area contributed by atoms with Gasteiger partial charge in [0.15, 0.2) is 5.13 Å². The Labute approximate surface area is 235 Å². The van der Waals surface area contributed by atoms with Crippen molar-refractivity contribution in [1.82, 2.24) is 4.98 Å². The first-order chi connectivity index (χ1) is 18.9. The number of nitrogens with zero attached hydrogens (tertiary/aromatic N) is 2. The fourth-order valence-electron chi connectivity index (χ4n) is 4.14. The Bertz CT molecular complexity index is 1490. The van der Waals surface area contributed by atoms with Crippen LogP contribution in [0, 0.1) is 20.8 Å². The average Bonchev–Trinajstić information content (AvgIpc) is 3.40. The summed E-state index contributed by atoms with van der Waals surface area (Å²) in [6, 6.07) is 11.5. The van der Waals surface area contributed by atoms with Crippen LogP contribution in [0.25, 0.3) is 5.76 Å². The molecule has 0 spiro atoms. The van der Waals surface area contributed by atoms with Crippen LogP contribution in [-0.2, 0) is 19.1 Å². The highest BCUT2D eigenvalue weighted by molar-refractivity contribution is 7.17. The van der Waals surface area contributed by atoms with E-state index < -0.39 is 29.7 Å². The molecule has 1 unspecified atom stereocenters. The van der Waals surface area contributed by atoms with Crippen LogP contribution in [0.3, 0.4) is 0 Å². The van der Waals surface area contributed by atoms with Crippen molar-refractivity contribution in [2.45, 2.75) is 40.7 Å². The fraction of sp³-hybridized carbons (Fsp3) is 0.276. The smallest absolute Gasteiger partial charge is 0.350 e. The number of aliphatic carboxylic acids is 1. The van der Waals surface area contributed by atoms with Gasteiger partial charge in [-0.3, -0.25) is 19.3 Å². The Morgan fingerprint density at radius 2 is 1.68 bits per heavy atom. The number of benzene rings is 2. The number of Topliss-reactive ketones (excluding diaryl/α,β-unsaturated/α-hetero) is 1. The summed E-state index contributed by atoms with van der Waals surface area (Å²) in [6.07, 6.45) is 0. The third-order valence-corrected chi connectivity index (χ3v) is 7.12. The molecule has 0 saturated carbocycles. The third kappa shape index (κ3) is 6.20. The second-order valence-electron chi connectivity index (χ2n) is 8.91. The van der Waals surface area contributed by atoms with Crippen molar-refractivity contribution in [2.75, 3.05) is 18.6 Å². The monoisotopic (exact) mass is 566 g/mol. The fourth-order valence-corrected chi connectivity index (χ4v) is 5.13. The average molecular weight is 567 g/mol. The van der Waals surface area contributed by atoms with Crippen molar-refractivity contribution in [2.24, 2.45) is 0 Å². The molecule has 1 amide bonds. The number of amides is 1. The number of aryl methyl sites for hydroxylation is 3. The highest BCUT2D eigenvalue weighted by Crippen LogP contribution is 2.44. The molecule has 0 aliphatic carbocycles. The number of carbonyl (C=O) groups excluding carboxylic acids is 3. The molecule has 1 aliphatic rings. The number of carboxylic acids is 1. The number of ketones is 1. The van der Waals surface area contributed by atoms with Crippen molar-refractivity contribution in [3.05, 3.63) is 80.9 Å².